The fraction of sp³-hybridized carbons (Fsp3) is 0.345. The van der Waals surface area contributed by atoms with E-state index < -0.39 is 10.0 Å². The second-order valence-electron chi connectivity index (χ2n) is 9.53. The number of amides is 1. The number of anilines is 1. The summed E-state index contributed by atoms with van der Waals surface area (Å²) in [5.74, 6) is 0.683. The molecule has 0 fully saturated rings. The minimum atomic E-state index is -3.73. The molecule has 2 aromatic heterocycles. The Kier molecular flexibility index (Phi) is 8.54. The molecular weight excluding hydrogens is 514 g/mol. The van der Waals surface area contributed by atoms with Gasteiger partial charge in [-0.05, 0) is 48.9 Å². The van der Waals surface area contributed by atoms with Crippen molar-refractivity contribution in [2.75, 3.05) is 11.8 Å². The number of benzene rings is 2. The highest BCUT2D eigenvalue weighted by atomic mass is 32.2. The standard InChI is InChI=1S/C29H35N5O4S/c1-6-10-26-31-25(7-2)27(28(35)30-5)34(26)17-21-13-15-22(16-14-21)24-12-9-8-11-23(24)18-39(36,37)33-29-19(3)20(4)32-38-29/h8-9,11-16,33H,6-7,10,17-18H2,1-5H3,(H,30,35). The number of imidazole rings is 1. The second kappa shape index (κ2) is 11.9. The second-order valence-corrected chi connectivity index (χ2v) is 11.3. The van der Waals surface area contributed by atoms with Crippen molar-refractivity contribution in [3.63, 3.8) is 0 Å². The fourth-order valence-corrected chi connectivity index (χ4v) is 5.76. The molecule has 4 rings (SSSR count). The monoisotopic (exact) mass is 549 g/mol. The van der Waals surface area contributed by atoms with Crippen molar-refractivity contribution in [1.82, 2.24) is 20.0 Å². The molecule has 0 aliphatic rings. The molecule has 2 heterocycles. The van der Waals surface area contributed by atoms with Gasteiger partial charge in [-0.2, -0.15) is 0 Å². The first-order valence-corrected chi connectivity index (χ1v) is 14.7. The molecule has 0 unspecified atom stereocenters. The summed E-state index contributed by atoms with van der Waals surface area (Å²) in [6.07, 6.45) is 2.39. The number of nitrogens with zero attached hydrogens (tertiary/aromatic N) is 3. The van der Waals surface area contributed by atoms with Gasteiger partial charge in [-0.1, -0.05) is 67.5 Å². The molecule has 0 radical (unpaired) electrons. The molecule has 2 aromatic carbocycles. The molecule has 0 atom stereocenters. The zero-order valence-electron chi connectivity index (χ0n) is 23.0. The number of hydrogen-bond donors (Lipinski definition) is 2. The molecule has 2 N–H and O–H groups in total. The van der Waals surface area contributed by atoms with Crippen molar-refractivity contribution in [3.05, 3.63) is 88.1 Å². The molecule has 39 heavy (non-hydrogen) atoms. The summed E-state index contributed by atoms with van der Waals surface area (Å²) in [5.41, 5.74) is 6.11. The van der Waals surface area contributed by atoms with Gasteiger partial charge in [0.1, 0.15) is 11.5 Å². The Labute approximate surface area is 229 Å². The first-order valence-electron chi connectivity index (χ1n) is 13.1. The van der Waals surface area contributed by atoms with Crippen LogP contribution >= 0.6 is 0 Å². The van der Waals surface area contributed by atoms with Gasteiger partial charge in [0.05, 0.1) is 17.1 Å². The third-order valence-electron chi connectivity index (χ3n) is 6.74. The summed E-state index contributed by atoms with van der Waals surface area (Å²) in [6.45, 7) is 8.13. The fourth-order valence-electron chi connectivity index (χ4n) is 4.55. The molecule has 206 valence electrons. The highest BCUT2D eigenvalue weighted by Crippen LogP contribution is 2.28. The summed E-state index contributed by atoms with van der Waals surface area (Å²) in [6, 6.07) is 15.4. The van der Waals surface area contributed by atoms with Gasteiger partial charge in [0.2, 0.25) is 15.9 Å². The van der Waals surface area contributed by atoms with Crippen LogP contribution in [0.1, 0.15) is 64.7 Å². The van der Waals surface area contributed by atoms with E-state index in [4.69, 9.17) is 9.51 Å². The predicted molar refractivity (Wildman–Crippen MR) is 152 cm³/mol. The lowest BCUT2D eigenvalue weighted by molar-refractivity contribution is 0.0953. The highest BCUT2D eigenvalue weighted by Gasteiger charge is 2.22. The van der Waals surface area contributed by atoms with E-state index in [-0.39, 0.29) is 17.5 Å². The molecule has 0 bridgehead atoms. The van der Waals surface area contributed by atoms with E-state index in [1.165, 1.54) is 0 Å². The van der Waals surface area contributed by atoms with Crippen LogP contribution in [0.25, 0.3) is 11.1 Å². The molecule has 4 aromatic rings. The third-order valence-corrected chi connectivity index (χ3v) is 7.93. The maximum Gasteiger partial charge on any atom is 0.269 e. The van der Waals surface area contributed by atoms with Crippen molar-refractivity contribution in [1.29, 1.82) is 0 Å². The Bertz CT molecular complexity index is 1570. The largest absolute Gasteiger partial charge is 0.354 e. The number of sulfonamides is 1. The van der Waals surface area contributed by atoms with E-state index in [1.54, 1.807) is 20.9 Å². The zero-order chi connectivity index (χ0) is 28.2. The molecule has 0 spiro atoms. The Hall–Kier alpha value is -3.92. The Morgan fingerprint density at radius 3 is 2.38 bits per heavy atom. The van der Waals surface area contributed by atoms with Crippen molar-refractivity contribution >= 4 is 21.8 Å². The van der Waals surface area contributed by atoms with Crippen LogP contribution in [0.5, 0.6) is 0 Å². The van der Waals surface area contributed by atoms with Gasteiger partial charge in [0, 0.05) is 25.6 Å². The minimum absolute atomic E-state index is 0.138. The van der Waals surface area contributed by atoms with Gasteiger partial charge in [0.25, 0.3) is 5.91 Å². The molecule has 0 saturated carbocycles. The molecular formula is C29H35N5O4S. The van der Waals surface area contributed by atoms with Crippen molar-refractivity contribution in [2.45, 2.75) is 59.3 Å². The van der Waals surface area contributed by atoms with E-state index in [0.29, 0.717) is 35.5 Å². The SMILES string of the molecule is CCCc1nc(CC)c(C(=O)NC)n1Cc1ccc(-c2ccccc2CS(=O)(=O)Nc2onc(C)c2C)cc1. The number of aryl methyl sites for hydroxylation is 3. The lowest BCUT2D eigenvalue weighted by Crippen LogP contribution is -2.24. The normalized spacial score (nSPS) is 11.5. The maximum atomic E-state index is 13.0. The molecule has 0 saturated heterocycles. The van der Waals surface area contributed by atoms with Crippen LogP contribution < -0.4 is 10.0 Å². The summed E-state index contributed by atoms with van der Waals surface area (Å²) < 4.78 is 35.6. The van der Waals surface area contributed by atoms with Crippen LogP contribution in [-0.2, 0) is 35.2 Å². The van der Waals surface area contributed by atoms with Crippen LogP contribution in [0.3, 0.4) is 0 Å². The Balaban J connectivity index is 1.60. The van der Waals surface area contributed by atoms with Gasteiger partial charge in [-0.15, -0.1) is 0 Å². The smallest absolute Gasteiger partial charge is 0.269 e. The Morgan fingerprint density at radius 2 is 1.77 bits per heavy atom. The van der Waals surface area contributed by atoms with Crippen LogP contribution in [0.15, 0.2) is 53.1 Å². The minimum Gasteiger partial charge on any atom is -0.354 e. The summed E-state index contributed by atoms with van der Waals surface area (Å²) >= 11 is 0. The number of nitrogens with one attached hydrogen (secondary N) is 2. The number of hydrogen-bond acceptors (Lipinski definition) is 6. The number of aromatic nitrogens is 3. The van der Waals surface area contributed by atoms with E-state index in [0.717, 1.165) is 41.1 Å². The topological polar surface area (TPSA) is 119 Å². The van der Waals surface area contributed by atoms with Gasteiger partial charge in [-0.3, -0.25) is 9.52 Å². The highest BCUT2D eigenvalue weighted by molar-refractivity contribution is 7.91. The lowest BCUT2D eigenvalue weighted by Gasteiger charge is -2.14. The average Bonchev–Trinajstić information content (AvgIpc) is 3.42. The third kappa shape index (κ3) is 6.22. The van der Waals surface area contributed by atoms with E-state index in [1.807, 2.05) is 60.0 Å². The molecule has 0 aliphatic carbocycles. The van der Waals surface area contributed by atoms with Crippen molar-refractivity contribution in [2.24, 2.45) is 0 Å². The van der Waals surface area contributed by atoms with Crippen LogP contribution in [0, 0.1) is 13.8 Å². The molecule has 1 amide bonds. The first-order chi connectivity index (χ1) is 18.7. The predicted octanol–water partition coefficient (Wildman–Crippen LogP) is 5.02. The number of carbonyl (C=O) groups is 1. The van der Waals surface area contributed by atoms with Gasteiger partial charge < -0.3 is 14.4 Å². The summed E-state index contributed by atoms with van der Waals surface area (Å²) in [7, 11) is -2.10. The van der Waals surface area contributed by atoms with Crippen molar-refractivity contribution < 1.29 is 17.7 Å². The summed E-state index contributed by atoms with van der Waals surface area (Å²) in [5, 5.41) is 6.57. The zero-order valence-corrected chi connectivity index (χ0v) is 23.9. The summed E-state index contributed by atoms with van der Waals surface area (Å²) in [4.78, 5) is 17.5. The molecule has 9 nitrogen and oxygen atoms in total. The lowest BCUT2D eigenvalue weighted by atomic mass is 9.99. The van der Waals surface area contributed by atoms with Crippen molar-refractivity contribution in [3.8, 4) is 11.1 Å². The van der Waals surface area contributed by atoms with Gasteiger partial charge >= 0.3 is 0 Å². The maximum absolute atomic E-state index is 13.0. The Morgan fingerprint density at radius 1 is 1.05 bits per heavy atom. The van der Waals surface area contributed by atoms with Crippen LogP contribution in [-0.4, -0.2) is 36.1 Å². The van der Waals surface area contributed by atoms with Gasteiger partial charge in [-0.25, -0.2) is 13.4 Å². The quantitative estimate of drug-likeness (QED) is 0.271. The molecule has 10 heteroatoms. The average molecular weight is 550 g/mol. The van der Waals surface area contributed by atoms with E-state index in [9.17, 15) is 13.2 Å². The van der Waals surface area contributed by atoms with Crippen LogP contribution in [0.2, 0.25) is 0 Å². The first kappa shape index (κ1) is 28.1. The number of rotatable bonds is 11. The van der Waals surface area contributed by atoms with E-state index >= 15 is 0 Å². The molecule has 0 aliphatic heterocycles. The number of carbonyl (C=O) groups excluding carboxylic acids is 1. The van der Waals surface area contributed by atoms with Gasteiger partial charge in [0.15, 0.2) is 0 Å². The van der Waals surface area contributed by atoms with E-state index in [2.05, 4.69) is 22.1 Å². The van der Waals surface area contributed by atoms with Crippen LogP contribution in [0.4, 0.5) is 5.88 Å².